The first-order valence-corrected chi connectivity index (χ1v) is 11.0. The van der Waals surface area contributed by atoms with Crippen molar-refractivity contribution < 1.29 is 13.2 Å². The Balaban J connectivity index is 1.65. The van der Waals surface area contributed by atoms with Gasteiger partial charge in [-0.15, -0.1) is 0 Å². The summed E-state index contributed by atoms with van der Waals surface area (Å²) in [7, 11) is -3.97. The largest absolute Gasteiger partial charge is 0.358 e. The van der Waals surface area contributed by atoms with Gasteiger partial charge in [-0.25, -0.2) is 4.98 Å². The molecule has 1 amide bonds. The van der Waals surface area contributed by atoms with Crippen LogP contribution >= 0.6 is 11.3 Å². The molecule has 4 rings (SSSR count). The van der Waals surface area contributed by atoms with Crippen LogP contribution in [0.4, 0.5) is 5.69 Å². The second-order valence-corrected chi connectivity index (χ2v) is 9.48. The molecular weight excluding hydrogens is 398 g/mol. The summed E-state index contributed by atoms with van der Waals surface area (Å²) in [6, 6.07) is 5.48. The highest BCUT2D eigenvalue weighted by molar-refractivity contribution is 7.94. The van der Waals surface area contributed by atoms with Crippen molar-refractivity contribution in [2.75, 3.05) is 17.8 Å². The molecule has 28 heavy (non-hydrogen) atoms. The number of likely N-dealkylation sites (tertiary alicyclic amines) is 1. The van der Waals surface area contributed by atoms with Crippen LogP contribution in [-0.2, 0) is 10.0 Å². The van der Waals surface area contributed by atoms with Gasteiger partial charge in [-0.3, -0.25) is 9.52 Å². The number of aromatic amines is 1. The molecule has 8 nitrogen and oxygen atoms in total. The number of H-pyrrole nitrogens is 1. The second-order valence-electron chi connectivity index (χ2n) is 6.59. The number of amides is 1. The van der Waals surface area contributed by atoms with Gasteiger partial charge in [-0.05, 0) is 31.4 Å². The number of carbonyl (C=O) groups excluding carboxylic acids is 1. The zero-order valence-corrected chi connectivity index (χ0v) is 16.7. The van der Waals surface area contributed by atoms with Crippen LogP contribution < -0.4 is 4.72 Å². The Hall–Kier alpha value is -2.90. The Morgan fingerprint density at radius 2 is 2.11 bits per heavy atom. The number of nitrogens with zero attached hydrogens (tertiary/aromatic N) is 3. The van der Waals surface area contributed by atoms with Gasteiger partial charge in [-0.1, -0.05) is 17.4 Å². The third-order valence-electron chi connectivity index (χ3n) is 4.73. The highest BCUT2D eigenvalue weighted by Gasteiger charge is 2.26. The fourth-order valence-electron chi connectivity index (χ4n) is 3.34. The maximum atomic E-state index is 12.8. The molecule has 3 aromatic rings. The molecule has 1 fully saturated rings. The maximum absolute atomic E-state index is 12.8. The van der Waals surface area contributed by atoms with Crippen molar-refractivity contribution in [1.82, 2.24) is 14.9 Å². The predicted molar refractivity (Wildman–Crippen MR) is 106 cm³/mol. The van der Waals surface area contributed by atoms with E-state index in [0.29, 0.717) is 40.1 Å². The van der Waals surface area contributed by atoms with Gasteiger partial charge in [0, 0.05) is 24.7 Å². The number of anilines is 1. The lowest BCUT2D eigenvalue weighted by molar-refractivity contribution is 0.0797. The highest BCUT2D eigenvalue weighted by Crippen LogP contribution is 2.31. The molecule has 10 heteroatoms. The van der Waals surface area contributed by atoms with Crippen LogP contribution in [-0.4, -0.2) is 42.3 Å². The molecule has 1 aliphatic heterocycles. The zero-order valence-electron chi connectivity index (χ0n) is 15.0. The van der Waals surface area contributed by atoms with Gasteiger partial charge in [-0.2, -0.15) is 13.7 Å². The first kappa shape index (κ1) is 18.5. The predicted octanol–water partition coefficient (Wildman–Crippen LogP) is 2.84. The third-order valence-corrected chi connectivity index (χ3v) is 7.47. The van der Waals surface area contributed by atoms with Crippen molar-refractivity contribution >= 4 is 43.9 Å². The first-order valence-electron chi connectivity index (χ1n) is 8.69. The Morgan fingerprint density at radius 1 is 1.36 bits per heavy atom. The molecule has 1 aromatic carbocycles. The fraction of sp³-hybridized carbons (Fsp3) is 0.278. The molecule has 2 aromatic heterocycles. The minimum Gasteiger partial charge on any atom is -0.358 e. The molecule has 0 radical (unpaired) electrons. The molecule has 0 bridgehead atoms. The number of nitrogens with one attached hydrogen (secondary N) is 2. The Labute approximate surface area is 165 Å². The number of sulfonamides is 1. The van der Waals surface area contributed by atoms with Crippen molar-refractivity contribution in [2.24, 2.45) is 0 Å². The van der Waals surface area contributed by atoms with E-state index in [2.05, 4.69) is 20.8 Å². The number of nitriles is 1. The molecular formula is C18H17N5O3S2. The lowest BCUT2D eigenvalue weighted by Crippen LogP contribution is -2.26. The van der Waals surface area contributed by atoms with Crippen LogP contribution in [0.2, 0.25) is 0 Å². The number of thiazole rings is 1. The fourth-order valence-corrected chi connectivity index (χ4v) is 5.53. The van der Waals surface area contributed by atoms with E-state index in [0.717, 1.165) is 29.7 Å². The van der Waals surface area contributed by atoms with E-state index in [4.69, 9.17) is 0 Å². The number of aryl methyl sites for hydroxylation is 1. The maximum Gasteiger partial charge on any atom is 0.289 e. The SMILES string of the molecule is Cc1ccc(NS(=O)(=O)c2ncc(C(=O)N3CCCC3)s2)c2[nH]cc(C#N)c12. The standard InChI is InChI=1S/C18H17N5O3S2/c1-11-4-5-13(16-15(11)12(8-19)9-20-16)22-28(25,26)18-21-10-14(27-18)17(24)23-6-2-3-7-23/h4-5,9-10,20,22H,2-3,6-7H2,1H3. The third kappa shape index (κ3) is 3.12. The van der Waals surface area contributed by atoms with Gasteiger partial charge in [0.1, 0.15) is 10.9 Å². The smallest absolute Gasteiger partial charge is 0.289 e. The quantitative estimate of drug-likeness (QED) is 0.679. The summed E-state index contributed by atoms with van der Waals surface area (Å²) < 4.78 is 27.9. The average molecular weight is 416 g/mol. The van der Waals surface area contributed by atoms with Gasteiger partial charge in [0.25, 0.3) is 15.9 Å². The second kappa shape index (κ2) is 6.92. The molecule has 3 heterocycles. The summed E-state index contributed by atoms with van der Waals surface area (Å²) in [6.07, 6.45) is 4.78. The highest BCUT2D eigenvalue weighted by atomic mass is 32.2. The topological polar surface area (TPSA) is 119 Å². The number of fused-ring (bicyclic) bond motifs is 1. The van der Waals surface area contributed by atoms with Crippen LogP contribution in [0.1, 0.15) is 33.6 Å². The van der Waals surface area contributed by atoms with E-state index >= 15 is 0 Å². The molecule has 0 unspecified atom stereocenters. The van der Waals surface area contributed by atoms with Crippen molar-refractivity contribution in [2.45, 2.75) is 24.1 Å². The molecule has 0 saturated carbocycles. The van der Waals surface area contributed by atoms with Crippen LogP contribution in [0.25, 0.3) is 10.9 Å². The van der Waals surface area contributed by atoms with E-state index in [1.807, 2.05) is 6.92 Å². The van der Waals surface area contributed by atoms with Crippen molar-refractivity contribution in [3.05, 3.63) is 40.5 Å². The summed E-state index contributed by atoms with van der Waals surface area (Å²) in [6.45, 7) is 3.23. The summed E-state index contributed by atoms with van der Waals surface area (Å²) in [5.74, 6) is -0.183. The van der Waals surface area contributed by atoms with Crippen molar-refractivity contribution in [3.8, 4) is 6.07 Å². The summed E-state index contributed by atoms with van der Waals surface area (Å²) in [4.78, 5) is 21.4. The minimum atomic E-state index is -3.97. The number of benzene rings is 1. The molecule has 2 N–H and O–H groups in total. The van der Waals surface area contributed by atoms with Crippen LogP contribution in [0.15, 0.2) is 28.9 Å². The monoisotopic (exact) mass is 415 g/mol. The number of aromatic nitrogens is 2. The van der Waals surface area contributed by atoms with E-state index in [1.54, 1.807) is 23.2 Å². The molecule has 144 valence electrons. The van der Waals surface area contributed by atoms with E-state index in [9.17, 15) is 18.5 Å². The van der Waals surface area contributed by atoms with Crippen molar-refractivity contribution in [3.63, 3.8) is 0 Å². The molecule has 1 aliphatic rings. The summed E-state index contributed by atoms with van der Waals surface area (Å²) in [5.41, 5.74) is 2.17. The Morgan fingerprint density at radius 3 is 2.82 bits per heavy atom. The normalized spacial score (nSPS) is 14.4. The number of hydrogen-bond donors (Lipinski definition) is 2. The van der Waals surface area contributed by atoms with E-state index in [-0.39, 0.29) is 10.2 Å². The number of hydrogen-bond acceptors (Lipinski definition) is 6. The lowest BCUT2D eigenvalue weighted by atomic mass is 10.1. The van der Waals surface area contributed by atoms with Crippen LogP contribution in [0.5, 0.6) is 0 Å². The average Bonchev–Trinajstić information content (AvgIpc) is 3.43. The molecule has 1 saturated heterocycles. The van der Waals surface area contributed by atoms with Crippen LogP contribution in [0.3, 0.4) is 0 Å². The number of carbonyl (C=O) groups is 1. The zero-order chi connectivity index (χ0) is 19.9. The summed E-state index contributed by atoms with van der Waals surface area (Å²) in [5, 5.41) is 9.92. The van der Waals surface area contributed by atoms with E-state index < -0.39 is 10.0 Å². The Kier molecular flexibility index (Phi) is 4.56. The van der Waals surface area contributed by atoms with Gasteiger partial charge < -0.3 is 9.88 Å². The van der Waals surface area contributed by atoms with E-state index in [1.165, 1.54) is 6.20 Å². The first-order chi connectivity index (χ1) is 13.4. The summed E-state index contributed by atoms with van der Waals surface area (Å²) >= 11 is 0.857. The van der Waals surface area contributed by atoms with Crippen molar-refractivity contribution in [1.29, 1.82) is 5.26 Å². The van der Waals surface area contributed by atoms with Gasteiger partial charge >= 0.3 is 0 Å². The minimum absolute atomic E-state index is 0.171. The number of rotatable bonds is 4. The van der Waals surface area contributed by atoms with Gasteiger partial charge in [0.05, 0.1) is 23.0 Å². The Bertz CT molecular complexity index is 1210. The van der Waals surface area contributed by atoms with Crippen LogP contribution in [0, 0.1) is 18.3 Å². The molecule has 0 atom stereocenters. The molecule has 0 aliphatic carbocycles. The van der Waals surface area contributed by atoms with Gasteiger partial charge in [0.2, 0.25) is 4.34 Å². The molecule has 0 spiro atoms. The van der Waals surface area contributed by atoms with Gasteiger partial charge in [0.15, 0.2) is 0 Å². The lowest BCUT2D eigenvalue weighted by Gasteiger charge is -2.12.